The number of rotatable bonds is 3. The number of nitrogens with zero attached hydrogens (tertiary/aromatic N) is 1. The van der Waals surface area contributed by atoms with Gasteiger partial charge < -0.3 is 9.84 Å². The van der Waals surface area contributed by atoms with E-state index in [-0.39, 0.29) is 18.0 Å². The van der Waals surface area contributed by atoms with E-state index >= 15 is 0 Å². The van der Waals surface area contributed by atoms with Gasteiger partial charge in [-0.25, -0.2) is 4.39 Å². The second-order valence-corrected chi connectivity index (χ2v) is 4.96. The summed E-state index contributed by atoms with van der Waals surface area (Å²) in [6.07, 6.45) is -0.267. The third kappa shape index (κ3) is 3.30. The molecule has 1 N–H and O–H groups in total. The Kier molecular flexibility index (Phi) is 4.17. The monoisotopic (exact) mass is 267 g/mol. The molecule has 0 unspecified atom stereocenters. The number of ether oxygens (including phenoxy) is 1. The molecule has 3 atom stereocenters. The Bertz CT molecular complexity index is 449. The molecule has 19 heavy (non-hydrogen) atoms. The highest BCUT2D eigenvalue weighted by atomic mass is 19.1. The lowest BCUT2D eigenvalue weighted by atomic mass is 10.1. The molecular weight excluding hydrogens is 249 g/mol. The van der Waals surface area contributed by atoms with Gasteiger partial charge in [-0.3, -0.25) is 9.69 Å². The Morgan fingerprint density at radius 3 is 2.63 bits per heavy atom. The van der Waals surface area contributed by atoms with Crippen LogP contribution in [0, 0.1) is 5.82 Å². The summed E-state index contributed by atoms with van der Waals surface area (Å²) in [5, 5.41) is 9.08. The number of hydrogen-bond acceptors (Lipinski definition) is 3. The number of carboxylic acids is 1. The zero-order valence-corrected chi connectivity index (χ0v) is 11.0. The van der Waals surface area contributed by atoms with Crippen LogP contribution in [-0.4, -0.2) is 41.2 Å². The van der Waals surface area contributed by atoms with Crippen molar-refractivity contribution in [3.8, 4) is 0 Å². The van der Waals surface area contributed by atoms with Crippen LogP contribution in [0.25, 0.3) is 0 Å². The fourth-order valence-corrected chi connectivity index (χ4v) is 2.32. The molecule has 104 valence electrons. The summed E-state index contributed by atoms with van der Waals surface area (Å²) in [5.41, 5.74) is 0.871. The second-order valence-electron chi connectivity index (χ2n) is 4.96. The fraction of sp³-hybridized carbons (Fsp3) is 0.500. The Balaban J connectivity index is 2.13. The van der Waals surface area contributed by atoms with Gasteiger partial charge in [-0.1, -0.05) is 12.1 Å². The van der Waals surface area contributed by atoms with E-state index in [1.54, 1.807) is 19.1 Å². The first-order chi connectivity index (χ1) is 8.97. The van der Waals surface area contributed by atoms with Gasteiger partial charge in [0.2, 0.25) is 0 Å². The van der Waals surface area contributed by atoms with Crippen molar-refractivity contribution in [2.24, 2.45) is 0 Å². The molecule has 1 fully saturated rings. The summed E-state index contributed by atoms with van der Waals surface area (Å²) in [7, 11) is 0. The van der Waals surface area contributed by atoms with Crippen LogP contribution in [0.3, 0.4) is 0 Å². The van der Waals surface area contributed by atoms with Crippen molar-refractivity contribution in [3.05, 3.63) is 35.6 Å². The van der Waals surface area contributed by atoms with Gasteiger partial charge >= 0.3 is 5.97 Å². The Morgan fingerprint density at radius 2 is 2.05 bits per heavy atom. The standard InChI is InChI=1S/C14H18FNO3/c1-9-7-16(10(2)14(17)18)8-13(19-9)11-3-5-12(15)6-4-11/h3-6,9-10,13H,7-8H2,1-2H3,(H,17,18)/t9-,10+,13-/m1/s1. The quantitative estimate of drug-likeness (QED) is 0.910. The smallest absolute Gasteiger partial charge is 0.320 e. The number of carboxylic acid groups (broad SMARTS) is 1. The molecule has 0 radical (unpaired) electrons. The van der Waals surface area contributed by atoms with Crippen LogP contribution in [0.2, 0.25) is 0 Å². The number of carbonyl (C=O) groups is 1. The molecule has 0 aromatic heterocycles. The van der Waals surface area contributed by atoms with Gasteiger partial charge in [0.05, 0.1) is 12.2 Å². The minimum absolute atomic E-state index is 0.0504. The lowest BCUT2D eigenvalue weighted by Crippen LogP contribution is -2.49. The molecule has 0 saturated carbocycles. The minimum Gasteiger partial charge on any atom is -0.480 e. The molecule has 0 aliphatic carbocycles. The van der Waals surface area contributed by atoms with Crippen LogP contribution in [0.4, 0.5) is 4.39 Å². The second kappa shape index (κ2) is 5.67. The summed E-state index contributed by atoms with van der Waals surface area (Å²) in [6.45, 7) is 4.67. The van der Waals surface area contributed by atoms with E-state index in [1.807, 2.05) is 11.8 Å². The van der Waals surface area contributed by atoms with Gasteiger partial charge in [0.15, 0.2) is 0 Å². The zero-order chi connectivity index (χ0) is 14.0. The average molecular weight is 267 g/mol. The summed E-state index contributed by atoms with van der Waals surface area (Å²) in [6, 6.07) is 5.60. The lowest BCUT2D eigenvalue weighted by molar-refractivity contribution is -0.148. The number of halogens is 1. The minimum atomic E-state index is -0.841. The molecule has 0 amide bonds. The summed E-state index contributed by atoms with van der Waals surface area (Å²) in [4.78, 5) is 12.9. The molecule has 1 heterocycles. The fourth-order valence-electron chi connectivity index (χ4n) is 2.32. The average Bonchev–Trinajstić information content (AvgIpc) is 2.37. The Hall–Kier alpha value is -1.46. The van der Waals surface area contributed by atoms with Crippen LogP contribution in [0.5, 0.6) is 0 Å². The molecule has 1 saturated heterocycles. The highest BCUT2D eigenvalue weighted by Gasteiger charge is 2.31. The first-order valence-electron chi connectivity index (χ1n) is 6.35. The molecule has 1 aliphatic heterocycles. The largest absolute Gasteiger partial charge is 0.480 e. The third-order valence-corrected chi connectivity index (χ3v) is 3.44. The maximum absolute atomic E-state index is 12.9. The van der Waals surface area contributed by atoms with E-state index in [2.05, 4.69) is 0 Å². The van der Waals surface area contributed by atoms with E-state index in [4.69, 9.17) is 9.84 Å². The van der Waals surface area contributed by atoms with E-state index < -0.39 is 12.0 Å². The van der Waals surface area contributed by atoms with Crippen LogP contribution in [0.15, 0.2) is 24.3 Å². The molecule has 2 rings (SSSR count). The number of aliphatic carboxylic acids is 1. The van der Waals surface area contributed by atoms with Gasteiger partial charge in [0.25, 0.3) is 0 Å². The van der Waals surface area contributed by atoms with Gasteiger partial charge in [0.1, 0.15) is 11.9 Å². The van der Waals surface area contributed by atoms with Crippen molar-refractivity contribution in [3.63, 3.8) is 0 Å². The zero-order valence-electron chi connectivity index (χ0n) is 11.0. The number of hydrogen-bond donors (Lipinski definition) is 1. The molecule has 5 heteroatoms. The predicted octanol–water partition coefficient (Wildman–Crippen LogP) is 2.06. The van der Waals surface area contributed by atoms with Gasteiger partial charge in [-0.05, 0) is 31.5 Å². The Morgan fingerprint density at radius 1 is 1.42 bits per heavy atom. The highest BCUT2D eigenvalue weighted by molar-refractivity contribution is 5.72. The van der Waals surface area contributed by atoms with E-state index in [0.29, 0.717) is 13.1 Å². The number of morpholine rings is 1. The summed E-state index contributed by atoms with van der Waals surface area (Å²) < 4.78 is 18.7. The van der Waals surface area contributed by atoms with Crippen molar-refractivity contribution in [1.29, 1.82) is 0 Å². The molecule has 0 bridgehead atoms. The SMILES string of the molecule is C[C@@H]1CN([C@@H](C)C(=O)O)C[C@H](c2ccc(F)cc2)O1. The van der Waals surface area contributed by atoms with Crippen molar-refractivity contribution >= 4 is 5.97 Å². The van der Waals surface area contributed by atoms with Crippen LogP contribution >= 0.6 is 0 Å². The first-order valence-corrected chi connectivity index (χ1v) is 6.35. The molecule has 4 nitrogen and oxygen atoms in total. The Labute approximate surface area is 111 Å². The van der Waals surface area contributed by atoms with Gasteiger partial charge in [-0.2, -0.15) is 0 Å². The lowest BCUT2D eigenvalue weighted by Gasteiger charge is -2.38. The van der Waals surface area contributed by atoms with Crippen LogP contribution in [0.1, 0.15) is 25.5 Å². The maximum Gasteiger partial charge on any atom is 0.320 e. The van der Waals surface area contributed by atoms with Gasteiger partial charge in [-0.15, -0.1) is 0 Å². The van der Waals surface area contributed by atoms with Crippen LogP contribution < -0.4 is 0 Å². The number of benzene rings is 1. The predicted molar refractivity (Wildman–Crippen MR) is 68.4 cm³/mol. The van der Waals surface area contributed by atoms with E-state index in [9.17, 15) is 9.18 Å². The topological polar surface area (TPSA) is 49.8 Å². The maximum atomic E-state index is 12.9. The van der Waals surface area contributed by atoms with Crippen molar-refractivity contribution in [1.82, 2.24) is 4.90 Å². The van der Waals surface area contributed by atoms with Crippen molar-refractivity contribution < 1.29 is 19.0 Å². The normalized spacial score (nSPS) is 26.1. The molecule has 1 aliphatic rings. The molecule has 1 aromatic rings. The molecular formula is C14H18FNO3. The summed E-state index contributed by atoms with van der Waals surface area (Å²) in [5.74, 6) is -1.13. The highest BCUT2D eigenvalue weighted by Crippen LogP contribution is 2.26. The molecule has 1 aromatic carbocycles. The van der Waals surface area contributed by atoms with E-state index in [0.717, 1.165) is 5.56 Å². The third-order valence-electron chi connectivity index (χ3n) is 3.44. The van der Waals surface area contributed by atoms with Gasteiger partial charge in [0, 0.05) is 13.1 Å². The van der Waals surface area contributed by atoms with E-state index in [1.165, 1.54) is 12.1 Å². The van der Waals surface area contributed by atoms with Crippen LogP contribution in [-0.2, 0) is 9.53 Å². The molecule has 0 spiro atoms. The van der Waals surface area contributed by atoms with Crippen molar-refractivity contribution in [2.45, 2.75) is 32.1 Å². The van der Waals surface area contributed by atoms with Crippen molar-refractivity contribution in [2.75, 3.05) is 13.1 Å². The first kappa shape index (κ1) is 14.0. The summed E-state index contributed by atoms with van der Waals surface area (Å²) >= 11 is 0.